The van der Waals surface area contributed by atoms with E-state index in [1.165, 1.54) is 23.1 Å². The van der Waals surface area contributed by atoms with Crippen molar-refractivity contribution in [1.29, 1.82) is 0 Å². The van der Waals surface area contributed by atoms with Gasteiger partial charge in [0.2, 0.25) is 21.8 Å². The minimum atomic E-state index is -3.95. The number of benzene rings is 2. The molecule has 1 atom stereocenters. The van der Waals surface area contributed by atoms with Gasteiger partial charge in [0.05, 0.1) is 17.0 Å². The maximum atomic E-state index is 13.6. The average molecular weight is 583 g/mol. The minimum absolute atomic E-state index is 0.0470. The molecule has 35 heavy (non-hydrogen) atoms. The van der Waals surface area contributed by atoms with Crippen LogP contribution in [0.2, 0.25) is 20.1 Å². The SMILES string of the molecule is CCCCNC(=O)[C@@H](C)N(Cc1c(Cl)cccc1Cl)C(=O)CN(c1cc(Cl)ccc1Cl)S(C)(=O)=O. The maximum Gasteiger partial charge on any atom is 0.244 e. The standard InChI is InChI=1S/C23H27Cl4N3O4S/c1-4-5-11-28-23(32)15(2)29(13-17-18(25)7-6-8-19(17)26)22(31)14-30(35(3,33)34)21-12-16(24)9-10-20(21)27/h6-10,12,15H,4-5,11,13-14H2,1-3H3,(H,28,32)/t15-/m1/s1. The van der Waals surface area contributed by atoms with Crippen molar-refractivity contribution in [3.8, 4) is 0 Å². The monoisotopic (exact) mass is 581 g/mol. The van der Waals surface area contributed by atoms with E-state index in [2.05, 4.69) is 5.32 Å². The number of hydrogen-bond donors (Lipinski definition) is 1. The summed E-state index contributed by atoms with van der Waals surface area (Å²) in [7, 11) is -3.95. The normalized spacial score (nSPS) is 12.2. The zero-order chi connectivity index (χ0) is 26.3. The number of anilines is 1. The molecule has 0 aliphatic carbocycles. The van der Waals surface area contributed by atoms with Crippen LogP contribution < -0.4 is 9.62 Å². The van der Waals surface area contributed by atoms with Gasteiger partial charge in [-0.3, -0.25) is 13.9 Å². The molecule has 7 nitrogen and oxygen atoms in total. The van der Waals surface area contributed by atoms with Crippen LogP contribution in [0.15, 0.2) is 36.4 Å². The third-order valence-corrected chi connectivity index (χ3v) is 7.63. The Morgan fingerprint density at radius 3 is 2.23 bits per heavy atom. The first-order valence-corrected chi connectivity index (χ1v) is 14.2. The van der Waals surface area contributed by atoms with Crippen LogP contribution in [0.4, 0.5) is 5.69 Å². The van der Waals surface area contributed by atoms with Crippen LogP contribution in [-0.2, 0) is 26.2 Å². The van der Waals surface area contributed by atoms with Crippen molar-refractivity contribution >= 4 is 73.9 Å². The molecule has 0 unspecified atom stereocenters. The van der Waals surface area contributed by atoms with Crippen molar-refractivity contribution in [2.24, 2.45) is 0 Å². The Morgan fingerprint density at radius 1 is 1.03 bits per heavy atom. The molecule has 0 aliphatic heterocycles. The molecular formula is C23H27Cl4N3O4S. The smallest absolute Gasteiger partial charge is 0.244 e. The molecule has 0 aromatic heterocycles. The number of carbonyl (C=O) groups is 2. The lowest BCUT2D eigenvalue weighted by atomic mass is 10.1. The van der Waals surface area contributed by atoms with Crippen LogP contribution in [0.5, 0.6) is 0 Å². The lowest BCUT2D eigenvalue weighted by molar-refractivity contribution is -0.139. The second kappa shape index (κ2) is 13.0. The molecule has 2 amide bonds. The van der Waals surface area contributed by atoms with Crippen molar-refractivity contribution in [2.75, 3.05) is 23.7 Å². The molecule has 0 fully saturated rings. The molecule has 0 saturated carbocycles. The summed E-state index contributed by atoms with van der Waals surface area (Å²) in [5.41, 5.74) is 0.481. The van der Waals surface area contributed by atoms with Crippen LogP contribution in [-0.4, -0.2) is 50.5 Å². The molecule has 2 aromatic rings. The fraction of sp³-hybridized carbons (Fsp3) is 0.391. The molecule has 0 heterocycles. The summed E-state index contributed by atoms with van der Waals surface area (Å²) in [6.45, 7) is 3.27. The molecule has 0 radical (unpaired) electrons. The first-order valence-electron chi connectivity index (χ1n) is 10.8. The number of unbranched alkanes of at least 4 members (excludes halogenated alkanes) is 1. The van der Waals surface area contributed by atoms with E-state index in [1.807, 2.05) is 6.92 Å². The molecule has 0 aliphatic rings. The predicted molar refractivity (Wildman–Crippen MR) is 143 cm³/mol. The van der Waals surface area contributed by atoms with E-state index in [0.29, 0.717) is 22.2 Å². The molecule has 192 valence electrons. The quantitative estimate of drug-likeness (QED) is 0.359. The molecule has 0 saturated heterocycles. The van der Waals surface area contributed by atoms with E-state index in [-0.39, 0.29) is 28.2 Å². The zero-order valence-electron chi connectivity index (χ0n) is 19.5. The van der Waals surface area contributed by atoms with E-state index >= 15 is 0 Å². The van der Waals surface area contributed by atoms with Gasteiger partial charge in [0.1, 0.15) is 12.6 Å². The summed E-state index contributed by atoms with van der Waals surface area (Å²) in [6.07, 6.45) is 2.61. The minimum Gasteiger partial charge on any atom is -0.354 e. The van der Waals surface area contributed by atoms with Gasteiger partial charge in [-0.15, -0.1) is 0 Å². The zero-order valence-corrected chi connectivity index (χ0v) is 23.4. The summed E-state index contributed by atoms with van der Waals surface area (Å²) < 4.78 is 26.1. The third kappa shape index (κ3) is 8.15. The highest BCUT2D eigenvalue weighted by Crippen LogP contribution is 2.31. The average Bonchev–Trinajstić information content (AvgIpc) is 2.78. The van der Waals surface area contributed by atoms with E-state index in [0.717, 1.165) is 23.4 Å². The van der Waals surface area contributed by atoms with Crippen molar-refractivity contribution in [3.05, 3.63) is 62.1 Å². The number of carbonyl (C=O) groups excluding carboxylic acids is 2. The van der Waals surface area contributed by atoms with E-state index < -0.39 is 28.5 Å². The van der Waals surface area contributed by atoms with Crippen LogP contribution in [0.3, 0.4) is 0 Å². The van der Waals surface area contributed by atoms with Crippen LogP contribution in [0, 0.1) is 0 Å². The Labute approximate surface area is 226 Å². The van der Waals surface area contributed by atoms with Gasteiger partial charge >= 0.3 is 0 Å². The summed E-state index contributed by atoms with van der Waals surface area (Å²) in [4.78, 5) is 27.6. The van der Waals surface area contributed by atoms with Crippen LogP contribution >= 0.6 is 46.4 Å². The number of rotatable bonds is 11. The first kappa shape index (κ1) is 29.5. The third-order valence-electron chi connectivity index (χ3n) is 5.24. The summed E-state index contributed by atoms with van der Waals surface area (Å²) in [5, 5.41) is 3.76. The van der Waals surface area contributed by atoms with E-state index in [1.54, 1.807) is 25.1 Å². The summed E-state index contributed by atoms with van der Waals surface area (Å²) >= 11 is 24.9. The number of halogens is 4. The molecule has 1 N–H and O–H groups in total. The Bertz CT molecular complexity index is 1160. The Kier molecular flexibility index (Phi) is 11.0. The van der Waals surface area contributed by atoms with Crippen molar-refractivity contribution in [3.63, 3.8) is 0 Å². The Balaban J connectivity index is 2.45. The number of sulfonamides is 1. The maximum absolute atomic E-state index is 13.6. The molecule has 0 bridgehead atoms. The predicted octanol–water partition coefficient (Wildman–Crippen LogP) is 5.40. The van der Waals surface area contributed by atoms with Gasteiger partial charge in [0.25, 0.3) is 0 Å². The van der Waals surface area contributed by atoms with Gasteiger partial charge in [-0.05, 0) is 43.7 Å². The molecule has 2 aromatic carbocycles. The molecular weight excluding hydrogens is 556 g/mol. The lowest BCUT2D eigenvalue weighted by Crippen LogP contribution is -2.51. The second-order valence-electron chi connectivity index (χ2n) is 7.91. The number of nitrogens with zero attached hydrogens (tertiary/aromatic N) is 2. The second-order valence-corrected chi connectivity index (χ2v) is 11.5. The molecule has 0 spiro atoms. The highest BCUT2D eigenvalue weighted by molar-refractivity contribution is 7.92. The fourth-order valence-corrected chi connectivity index (χ4v) is 5.05. The summed E-state index contributed by atoms with van der Waals surface area (Å²) in [5.74, 6) is -1.04. The highest BCUT2D eigenvalue weighted by atomic mass is 35.5. The van der Waals surface area contributed by atoms with Gasteiger partial charge in [-0.2, -0.15) is 0 Å². The van der Waals surface area contributed by atoms with E-state index in [9.17, 15) is 18.0 Å². The van der Waals surface area contributed by atoms with Gasteiger partial charge < -0.3 is 10.2 Å². The molecule has 2 rings (SSSR count). The number of amides is 2. The fourth-order valence-electron chi connectivity index (χ4n) is 3.24. The van der Waals surface area contributed by atoms with Gasteiger partial charge in [0, 0.05) is 33.7 Å². The Morgan fingerprint density at radius 2 is 1.66 bits per heavy atom. The van der Waals surface area contributed by atoms with Gasteiger partial charge in [0.15, 0.2) is 0 Å². The number of hydrogen-bond acceptors (Lipinski definition) is 4. The van der Waals surface area contributed by atoms with Crippen molar-refractivity contribution in [2.45, 2.75) is 39.3 Å². The van der Waals surface area contributed by atoms with Crippen LogP contribution in [0.25, 0.3) is 0 Å². The summed E-state index contributed by atoms with van der Waals surface area (Å²) in [6, 6.07) is 8.25. The van der Waals surface area contributed by atoms with E-state index in [4.69, 9.17) is 46.4 Å². The van der Waals surface area contributed by atoms with Gasteiger partial charge in [-0.1, -0.05) is 65.8 Å². The van der Waals surface area contributed by atoms with Gasteiger partial charge in [-0.25, -0.2) is 8.42 Å². The first-order chi connectivity index (χ1) is 16.4. The molecule has 12 heteroatoms. The number of nitrogens with one attached hydrogen (secondary N) is 1. The Hall–Kier alpha value is -1.71. The largest absolute Gasteiger partial charge is 0.354 e. The highest BCUT2D eigenvalue weighted by Gasteiger charge is 2.31. The van der Waals surface area contributed by atoms with Crippen molar-refractivity contribution < 1.29 is 18.0 Å². The van der Waals surface area contributed by atoms with Crippen LogP contribution in [0.1, 0.15) is 32.3 Å². The lowest BCUT2D eigenvalue weighted by Gasteiger charge is -2.32. The van der Waals surface area contributed by atoms with Crippen molar-refractivity contribution in [1.82, 2.24) is 10.2 Å². The topological polar surface area (TPSA) is 86.8 Å².